The van der Waals surface area contributed by atoms with Gasteiger partial charge in [0.15, 0.2) is 0 Å². The number of nitrogens with one attached hydrogen (secondary N) is 2. The maximum Gasteiger partial charge on any atom is 0.251 e. The maximum absolute atomic E-state index is 12.1. The average molecular weight is 327 g/mol. The molecule has 22 heavy (non-hydrogen) atoms. The molecule has 124 valence electrons. The van der Waals surface area contributed by atoms with Crippen LogP contribution in [0.25, 0.3) is 0 Å². The number of hydrogen-bond donors (Lipinski definition) is 2. The molecule has 0 spiro atoms. The van der Waals surface area contributed by atoms with E-state index in [9.17, 15) is 4.79 Å². The van der Waals surface area contributed by atoms with E-state index in [1.54, 1.807) is 0 Å². The van der Waals surface area contributed by atoms with E-state index in [2.05, 4.69) is 17.6 Å². The van der Waals surface area contributed by atoms with Gasteiger partial charge in [-0.3, -0.25) is 4.79 Å². The monoisotopic (exact) mass is 326 g/mol. The molecule has 1 atom stereocenters. The first-order valence-electron chi connectivity index (χ1n) is 8.04. The zero-order valence-corrected chi connectivity index (χ0v) is 14.1. The molecule has 5 heteroatoms. The normalized spacial score (nSPS) is 17.4. The van der Waals surface area contributed by atoms with Crippen LogP contribution in [0.2, 0.25) is 0 Å². The zero-order valence-electron chi connectivity index (χ0n) is 13.3. The van der Waals surface area contributed by atoms with Crippen molar-refractivity contribution in [3.05, 3.63) is 29.8 Å². The molecule has 1 aliphatic rings. The standard InChI is InChI=1S/C17H26N2O2.ClH/c1-2-3-4-12-21-16-9-7-14(8-10-16)17(20)19-15-6-5-11-18-13-15;/h7-10,15,18H,2-6,11-13H2,1H3,(H,19,20);1H. The summed E-state index contributed by atoms with van der Waals surface area (Å²) in [4.78, 5) is 12.1. The number of hydrogen-bond acceptors (Lipinski definition) is 3. The fraction of sp³-hybridized carbons (Fsp3) is 0.588. The highest BCUT2D eigenvalue weighted by Crippen LogP contribution is 2.13. The van der Waals surface area contributed by atoms with Crippen LogP contribution >= 0.6 is 12.4 Å². The summed E-state index contributed by atoms with van der Waals surface area (Å²) in [5.41, 5.74) is 0.696. The van der Waals surface area contributed by atoms with Gasteiger partial charge < -0.3 is 15.4 Å². The fourth-order valence-corrected chi connectivity index (χ4v) is 2.49. The summed E-state index contributed by atoms with van der Waals surface area (Å²) in [6.45, 7) is 4.84. The number of amides is 1. The van der Waals surface area contributed by atoms with Crippen LogP contribution in [0.3, 0.4) is 0 Å². The predicted molar refractivity (Wildman–Crippen MR) is 92.1 cm³/mol. The van der Waals surface area contributed by atoms with Gasteiger partial charge in [0, 0.05) is 18.2 Å². The molecule has 1 heterocycles. The number of ether oxygens (including phenoxy) is 1. The summed E-state index contributed by atoms with van der Waals surface area (Å²) in [6, 6.07) is 7.66. The van der Waals surface area contributed by atoms with E-state index < -0.39 is 0 Å². The molecule has 1 saturated heterocycles. The lowest BCUT2D eigenvalue weighted by molar-refractivity contribution is 0.0930. The Morgan fingerprint density at radius 3 is 2.73 bits per heavy atom. The van der Waals surface area contributed by atoms with Gasteiger partial charge in [-0.1, -0.05) is 19.8 Å². The van der Waals surface area contributed by atoms with Gasteiger partial charge >= 0.3 is 0 Å². The van der Waals surface area contributed by atoms with E-state index >= 15 is 0 Å². The third-order valence-corrected chi connectivity index (χ3v) is 3.77. The lowest BCUT2D eigenvalue weighted by Gasteiger charge is -2.23. The summed E-state index contributed by atoms with van der Waals surface area (Å²) in [5.74, 6) is 0.836. The molecule has 1 aliphatic heterocycles. The van der Waals surface area contributed by atoms with Gasteiger partial charge in [-0.25, -0.2) is 0 Å². The average Bonchev–Trinajstić information content (AvgIpc) is 2.53. The molecule has 0 radical (unpaired) electrons. The summed E-state index contributed by atoms with van der Waals surface area (Å²) in [6.07, 6.45) is 5.63. The van der Waals surface area contributed by atoms with Crippen LogP contribution in [0.1, 0.15) is 49.4 Å². The minimum atomic E-state index is 0. The van der Waals surface area contributed by atoms with Crippen LogP contribution in [-0.2, 0) is 0 Å². The SMILES string of the molecule is CCCCCOc1ccc(C(=O)NC2CCCNC2)cc1.Cl. The molecule has 1 unspecified atom stereocenters. The van der Waals surface area contributed by atoms with Crippen LogP contribution in [0.15, 0.2) is 24.3 Å². The van der Waals surface area contributed by atoms with Crippen molar-refractivity contribution in [3.8, 4) is 5.75 Å². The minimum Gasteiger partial charge on any atom is -0.494 e. The third kappa shape index (κ3) is 6.24. The van der Waals surface area contributed by atoms with Crippen molar-refractivity contribution in [2.75, 3.05) is 19.7 Å². The highest BCUT2D eigenvalue weighted by Gasteiger charge is 2.16. The number of piperidine rings is 1. The second kappa shape index (κ2) is 10.5. The predicted octanol–water partition coefficient (Wildman–Crippen LogP) is 3.16. The summed E-state index contributed by atoms with van der Waals surface area (Å²) in [7, 11) is 0. The topological polar surface area (TPSA) is 50.4 Å². The van der Waals surface area contributed by atoms with Crippen molar-refractivity contribution < 1.29 is 9.53 Å². The first-order chi connectivity index (χ1) is 10.3. The number of unbranched alkanes of at least 4 members (excludes halogenated alkanes) is 2. The highest BCUT2D eigenvalue weighted by molar-refractivity contribution is 5.94. The molecule has 0 bridgehead atoms. The molecule has 4 nitrogen and oxygen atoms in total. The van der Waals surface area contributed by atoms with Gasteiger partial charge in [-0.15, -0.1) is 12.4 Å². The molecule has 2 rings (SSSR count). The summed E-state index contributed by atoms with van der Waals surface area (Å²) in [5, 5.41) is 6.37. The van der Waals surface area contributed by atoms with Gasteiger partial charge in [0.2, 0.25) is 0 Å². The smallest absolute Gasteiger partial charge is 0.251 e. The molecule has 1 aromatic carbocycles. The van der Waals surface area contributed by atoms with Crippen molar-refractivity contribution in [2.45, 2.75) is 45.1 Å². The second-order valence-corrected chi connectivity index (χ2v) is 5.60. The van der Waals surface area contributed by atoms with Crippen molar-refractivity contribution in [1.82, 2.24) is 10.6 Å². The van der Waals surface area contributed by atoms with Crippen LogP contribution in [0.4, 0.5) is 0 Å². The first kappa shape index (κ1) is 18.8. The maximum atomic E-state index is 12.1. The molecular formula is C17H27ClN2O2. The van der Waals surface area contributed by atoms with E-state index in [1.807, 2.05) is 24.3 Å². The van der Waals surface area contributed by atoms with Crippen molar-refractivity contribution in [1.29, 1.82) is 0 Å². The number of benzene rings is 1. The number of carbonyl (C=O) groups is 1. The second-order valence-electron chi connectivity index (χ2n) is 5.60. The first-order valence-corrected chi connectivity index (χ1v) is 8.04. The molecule has 1 aromatic rings. The van der Waals surface area contributed by atoms with Gasteiger partial charge in [0.1, 0.15) is 5.75 Å². The highest BCUT2D eigenvalue weighted by atomic mass is 35.5. The van der Waals surface area contributed by atoms with E-state index in [0.29, 0.717) is 5.56 Å². The van der Waals surface area contributed by atoms with E-state index in [0.717, 1.165) is 44.7 Å². The quantitative estimate of drug-likeness (QED) is 0.757. The number of halogens is 1. The van der Waals surface area contributed by atoms with Gasteiger partial charge in [0.05, 0.1) is 6.61 Å². The van der Waals surface area contributed by atoms with Crippen LogP contribution in [0, 0.1) is 0 Å². The van der Waals surface area contributed by atoms with Gasteiger partial charge in [-0.2, -0.15) is 0 Å². The zero-order chi connectivity index (χ0) is 14.9. The molecule has 2 N–H and O–H groups in total. The Labute approximate surface area is 139 Å². The minimum absolute atomic E-state index is 0. The lowest BCUT2D eigenvalue weighted by Crippen LogP contribution is -2.45. The molecular weight excluding hydrogens is 300 g/mol. The van der Waals surface area contributed by atoms with Crippen LogP contribution in [-0.4, -0.2) is 31.6 Å². The molecule has 0 aliphatic carbocycles. The molecule has 0 aromatic heterocycles. The molecule has 1 fully saturated rings. The third-order valence-electron chi connectivity index (χ3n) is 3.77. The van der Waals surface area contributed by atoms with Gasteiger partial charge in [0.25, 0.3) is 5.91 Å². The Morgan fingerprint density at radius 1 is 1.32 bits per heavy atom. The summed E-state index contributed by atoms with van der Waals surface area (Å²) >= 11 is 0. The molecule has 1 amide bonds. The number of carbonyl (C=O) groups excluding carboxylic acids is 1. The Kier molecular flexibility index (Phi) is 8.94. The van der Waals surface area contributed by atoms with Gasteiger partial charge in [-0.05, 0) is 50.1 Å². The van der Waals surface area contributed by atoms with E-state index in [-0.39, 0.29) is 24.4 Å². The Morgan fingerprint density at radius 2 is 2.09 bits per heavy atom. The Balaban J connectivity index is 0.00000242. The van der Waals surface area contributed by atoms with E-state index in [4.69, 9.17) is 4.74 Å². The lowest BCUT2D eigenvalue weighted by atomic mass is 10.1. The van der Waals surface area contributed by atoms with Crippen molar-refractivity contribution in [2.24, 2.45) is 0 Å². The van der Waals surface area contributed by atoms with Crippen molar-refractivity contribution >= 4 is 18.3 Å². The van der Waals surface area contributed by atoms with E-state index in [1.165, 1.54) is 12.8 Å². The molecule has 0 saturated carbocycles. The Hall–Kier alpha value is -1.26. The largest absolute Gasteiger partial charge is 0.494 e. The van der Waals surface area contributed by atoms with Crippen LogP contribution < -0.4 is 15.4 Å². The number of rotatable bonds is 7. The summed E-state index contributed by atoms with van der Waals surface area (Å²) < 4.78 is 5.65. The Bertz CT molecular complexity index is 431. The van der Waals surface area contributed by atoms with Crippen LogP contribution in [0.5, 0.6) is 5.75 Å². The van der Waals surface area contributed by atoms with Crippen molar-refractivity contribution in [3.63, 3.8) is 0 Å². The fourth-order valence-electron chi connectivity index (χ4n) is 2.49.